The van der Waals surface area contributed by atoms with Crippen molar-refractivity contribution in [2.75, 3.05) is 0 Å². The summed E-state index contributed by atoms with van der Waals surface area (Å²) in [7, 11) is 0. The Hall–Kier alpha value is -2.02. The van der Waals surface area contributed by atoms with Gasteiger partial charge in [0.1, 0.15) is 11.3 Å². The fraction of sp³-hybridized carbons (Fsp3) is 0.526. The van der Waals surface area contributed by atoms with E-state index in [1.807, 2.05) is 6.92 Å². The molecule has 138 valence electrons. The van der Waals surface area contributed by atoms with Gasteiger partial charge in [0.2, 0.25) is 0 Å². The molecule has 2 aromatic rings. The molecule has 1 saturated heterocycles. The molecule has 3 heterocycles. The molecule has 4 nitrogen and oxygen atoms in total. The summed E-state index contributed by atoms with van der Waals surface area (Å²) in [6.45, 7) is 6.14. The van der Waals surface area contributed by atoms with E-state index >= 15 is 0 Å². The zero-order chi connectivity index (χ0) is 18.7. The van der Waals surface area contributed by atoms with Crippen molar-refractivity contribution in [3.63, 3.8) is 0 Å². The molecule has 1 aromatic heterocycles. The van der Waals surface area contributed by atoms with Crippen molar-refractivity contribution in [1.82, 2.24) is 15.2 Å². The quantitative estimate of drug-likeness (QED) is 0.765. The van der Waals surface area contributed by atoms with E-state index in [-0.39, 0.29) is 17.3 Å². The number of hydrogen-bond acceptors (Lipinski definition) is 4. The van der Waals surface area contributed by atoms with Crippen LogP contribution in [-0.2, 0) is 16.5 Å². The summed E-state index contributed by atoms with van der Waals surface area (Å²) in [6.07, 6.45) is -1.80. The number of alkyl halides is 3. The highest BCUT2D eigenvalue weighted by Gasteiger charge is 2.55. The third kappa shape index (κ3) is 2.52. The van der Waals surface area contributed by atoms with Crippen LogP contribution in [0.15, 0.2) is 24.3 Å². The van der Waals surface area contributed by atoms with Gasteiger partial charge in [-0.05, 0) is 45.2 Å². The highest BCUT2D eigenvalue weighted by Crippen LogP contribution is 2.56. The third-order valence-corrected chi connectivity index (χ3v) is 5.80. The van der Waals surface area contributed by atoms with Crippen LogP contribution in [0.1, 0.15) is 62.9 Å². The Kier molecular flexibility index (Phi) is 3.67. The standard InChI is InChI=1S/C19H20F3N3O/c1-4-17(2)13-8-9-18(3,26-17)15-14(13)23-16(25-24-15)11-6-5-7-12(10-11)19(20,21)22/h5-7,10,13H,4,8-9H2,1-3H3. The molecule has 1 aromatic carbocycles. The lowest BCUT2D eigenvalue weighted by atomic mass is 9.68. The molecule has 3 unspecified atom stereocenters. The van der Waals surface area contributed by atoms with Gasteiger partial charge in [0, 0.05) is 11.5 Å². The van der Waals surface area contributed by atoms with Crippen molar-refractivity contribution in [2.24, 2.45) is 0 Å². The first kappa shape index (κ1) is 17.4. The topological polar surface area (TPSA) is 47.9 Å². The molecule has 5 rings (SSSR count). The van der Waals surface area contributed by atoms with E-state index in [0.717, 1.165) is 42.8 Å². The molecule has 26 heavy (non-hydrogen) atoms. The summed E-state index contributed by atoms with van der Waals surface area (Å²) in [5.41, 5.74) is 0.252. The molecule has 1 fully saturated rings. The molecule has 3 aliphatic rings. The third-order valence-electron chi connectivity index (χ3n) is 5.80. The van der Waals surface area contributed by atoms with E-state index in [1.54, 1.807) is 6.07 Å². The fourth-order valence-corrected chi connectivity index (χ4v) is 4.19. The fourth-order valence-electron chi connectivity index (χ4n) is 4.19. The van der Waals surface area contributed by atoms with Crippen molar-refractivity contribution in [2.45, 2.75) is 63.3 Å². The van der Waals surface area contributed by atoms with Gasteiger partial charge in [0.05, 0.1) is 16.9 Å². The lowest BCUT2D eigenvalue weighted by Gasteiger charge is -2.54. The van der Waals surface area contributed by atoms with Crippen LogP contribution in [0.5, 0.6) is 0 Å². The van der Waals surface area contributed by atoms with Crippen LogP contribution >= 0.6 is 0 Å². The SMILES string of the molecule is CCC1(C)OC2(C)CCC1c1nc(-c3cccc(C(F)(F)F)c3)nnc12. The van der Waals surface area contributed by atoms with Crippen molar-refractivity contribution in [3.8, 4) is 11.4 Å². The normalized spacial score (nSPS) is 30.3. The molecule has 7 heteroatoms. The van der Waals surface area contributed by atoms with Crippen LogP contribution in [0.25, 0.3) is 11.4 Å². The van der Waals surface area contributed by atoms with Gasteiger partial charge in [0.25, 0.3) is 0 Å². The Morgan fingerprint density at radius 2 is 2.00 bits per heavy atom. The number of ether oxygens (including phenoxy) is 1. The highest BCUT2D eigenvalue weighted by atomic mass is 19.4. The summed E-state index contributed by atoms with van der Waals surface area (Å²) in [4.78, 5) is 4.66. The van der Waals surface area contributed by atoms with Crippen LogP contribution in [0.2, 0.25) is 0 Å². The van der Waals surface area contributed by atoms with E-state index < -0.39 is 17.3 Å². The Morgan fingerprint density at radius 1 is 1.23 bits per heavy atom. The van der Waals surface area contributed by atoms with Gasteiger partial charge in [0.15, 0.2) is 5.82 Å². The number of benzene rings is 1. The molecule has 0 amide bonds. The second-order valence-electron chi connectivity index (χ2n) is 7.54. The lowest BCUT2D eigenvalue weighted by Crippen LogP contribution is -2.54. The summed E-state index contributed by atoms with van der Waals surface area (Å²) in [5, 5.41) is 8.44. The van der Waals surface area contributed by atoms with E-state index in [0.29, 0.717) is 5.56 Å². The molecule has 2 bridgehead atoms. The largest absolute Gasteiger partial charge is 0.416 e. The number of fused-ring (bicyclic) bond motifs is 2. The van der Waals surface area contributed by atoms with Gasteiger partial charge in [-0.25, -0.2) is 4.98 Å². The van der Waals surface area contributed by atoms with Gasteiger partial charge < -0.3 is 4.74 Å². The first-order valence-electron chi connectivity index (χ1n) is 8.79. The van der Waals surface area contributed by atoms with Crippen LogP contribution in [-0.4, -0.2) is 20.8 Å². The van der Waals surface area contributed by atoms with Crippen LogP contribution in [0, 0.1) is 0 Å². The smallest absolute Gasteiger partial charge is 0.362 e. The Labute approximate surface area is 149 Å². The average Bonchev–Trinajstić information content (AvgIpc) is 2.60. The molecule has 0 saturated carbocycles. The molecule has 1 aliphatic carbocycles. The van der Waals surface area contributed by atoms with E-state index in [4.69, 9.17) is 4.74 Å². The summed E-state index contributed by atoms with van der Waals surface area (Å²) in [5.74, 6) is 0.300. The van der Waals surface area contributed by atoms with Gasteiger partial charge in [-0.2, -0.15) is 13.2 Å². The number of halogens is 3. The summed E-state index contributed by atoms with van der Waals surface area (Å²) < 4.78 is 45.4. The lowest BCUT2D eigenvalue weighted by molar-refractivity contribution is -0.209. The van der Waals surface area contributed by atoms with Gasteiger partial charge >= 0.3 is 6.18 Å². The van der Waals surface area contributed by atoms with Crippen molar-refractivity contribution in [1.29, 1.82) is 0 Å². The van der Waals surface area contributed by atoms with Crippen LogP contribution in [0.3, 0.4) is 0 Å². The maximum Gasteiger partial charge on any atom is 0.416 e. The minimum atomic E-state index is -4.40. The second-order valence-corrected chi connectivity index (χ2v) is 7.54. The minimum Gasteiger partial charge on any atom is -0.362 e. The highest BCUT2D eigenvalue weighted by molar-refractivity contribution is 5.56. The zero-order valence-electron chi connectivity index (χ0n) is 14.9. The first-order chi connectivity index (χ1) is 12.2. The Morgan fingerprint density at radius 3 is 2.69 bits per heavy atom. The van der Waals surface area contributed by atoms with Crippen molar-refractivity contribution in [3.05, 3.63) is 41.2 Å². The monoisotopic (exact) mass is 363 g/mol. The summed E-state index contributed by atoms with van der Waals surface area (Å²) >= 11 is 0. The van der Waals surface area contributed by atoms with Gasteiger partial charge in [-0.3, -0.25) is 0 Å². The molecular weight excluding hydrogens is 343 g/mol. The van der Waals surface area contributed by atoms with E-state index in [2.05, 4.69) is 29.0 Å². The maximum absolute atomic E-state index is 13.0. The maximum atomic E-state index is 13.0. The second kappa shape index (κ2) is 5.49. The molecule has 0 spiro atoms. The molecule has 0 radical (unpaired) electrons. The van der Waals surface area contributed by atoms with E-state index in [9.17, 15) is 13.2 Å². The number of nitrogens with zero attached hydrogens (tertiary/aromatic N) is 3. The van der Waals surface area contributed by atoms with Crippen molar-refractivity contribution >= 4 is 0 Å². The van der Waals surface area contributed by atoms with E-state index in [1.165, 1.54) is 6.07 Å². The molecular formula is C19H20F3N3O. The van der Waals surface area contributed by atoms with Gasteiger partial charge in [-0.1, -0.05) is 19.1 Å². The first-order valence-corrected chi connectivity index (χ1v) is 8.79. The molecule has 2 aliphatic heterocycles. The number of rotatable bonds is 2. The zero-order valence-corrected chi connectivity index (χ0v) is 14.9. The van der Waals surface area contributed by atoms with Crippen molar-refractivity contribution < 1.29 is 17.9 Å². The number of aromatic nitrogens is 3. The Balaban J connectivity index is 1.82. The molecule has 0 N–H and O–H groups in total. The summed E-state index contributed by atoms with van der Waals surface area (Å²) in [6, 6.07) is 5.06. The Bertz CT molecular complexity index is 869. The minimum absolute atomic E-state index is 0.0735. The van der Waals surface area contributed by atoms with Crippen LogP contribution < -0.4 is 0 Å². The van der Waals surface area contributed by atoms with Gasteiger partial charge in [-0.15, -0.1) is 10.2 Å². The predicted octanol–water partition coefficient (Wildman–Crippen LogP) is 4.85. The predicted molar refractivity (Wildman–Crippen MR) is 89.4 cm³/mol. The molecule has 3 atom stereocenters. The average molecular weight is 363 g/mol. The van der Waals surface area contributed by atoms with Crippen LogP contribution in [0.4, 0.5) is 13.2 Å². The number of hydrogen-bond donors (Lipinski definition) is 0.